The lowest BCUT2D eigenvalue weighted by molar-refractivity contribution is -0.134. The Morgan fingerprint density at radius 1 is 1.50 bits per heavy atom. The first kappa shape index (κ1) is 11.5. The maximum absolute atomic E-state index is 11.3. The Kier molecular flexibility index (Phi) is 3.88. The maximum atomic E-state index is 11.3. The third-order valence-electron chi connectivity index (χ3n) is 2.23. The number of nitrogens with one attached hydrogen (secondary N) is 1. The number of carbonyl (C=O) groups is 1. The average molecular weight is 221 g/mol. The van der Waals surface area contributed by atoms with Gasteiger partial charge in [0.1, 0.15) is 5.75 Å². The van der Waals surface area contributed by atoms with Crippen LogP contribution in [0.1, 0.15) is 12.8 Å². The largest absolute Gasteiger partial charge is 0.480 e. The van der Waals surface area contributed by atoms with Gasteiger partial charge in [0.15, 0.2) is 9.84 Å². The predicted molar refractivity (Wildman–Crippen MR) is 51.9 cm³/mol. The summed E-state index contributed by atoms with van der Waals surface area (Å²) in [5, 5.41) is 11.5. The highest BCUT2D eigenvalue weighted by Crippen LogP contribution is 2.12. The Morgan fingerprint density at radius 3 is 2.71 bits per heavy atom. The van der Waals surface area contributed by atoms with Crippen LogP contribution in [0.3, 0.4) is 0 Å². The Hall–Kier alpha value is -0.620. The van der Waals surface area contributed by atoms with Crippen LogP contribution in [0.25, 0.3) is 0 Å². The van der Waals surface area contributed by atoms with Gasteiger partial charge in [0.05, 0.1) is 5.75 Å². The van der Waals surface area contributed by atoms with Crippen molar-refractivity contribution in [3.05, 3.63) is 0 Å². The van der Waals surface area contributed by atoms with Gasteiger partial charge >= 0.3 is 5.97 Å². The highest BCUT2D eigenvalue weighted by Gasteiger charge is 2.23. The smallest absolute Gasteiger partial charge is 0.318 e. The quantitative estimate of drug-likeness (QED) is 0.667. The number of aliphatic carboxylic acids is 1. The van der Waals surface area contributed by atoms with E-state index in [9.17, 15) is 13.2 Å². The molecule has 0 radical (unpaired) electrons. The van der Waals surface area contributed by atoms with E-state index in [1.54, 1.807) is 0 Å². The summed E-state index contributed by atoms with van der Waals surface area (Å²) >= 11 is 0. The first-order valence-corrected chi connectivity index (χ1v) is 6.45. The summed E-state index contributed by atoms with van der Waals surface area (Å²) < 4.78 is 22.6. The second-order valence-corrected chi connectivity index (χ2v) is 5.77. The van der Waals surface area contributed by atoms with Gasteiger partial charge in [-0.25, -0.2) is 8.42 Å². The van der Waals surface area contributed by atoms with Crippen LogP contribution in [0, 0.1) is 5.92 Å². The summed E-state index contributed by atoms with van der Waals surface area (Å²) in [6.07, 6.45) is 1.83. The molecule has 0 aromatic carbocycles. The number of rotatable bonds is 4. The second kappa shape index (κ2) is 4.75. The molecule has 1 unspecified atom stereocenters. The van der Waals surface area contributed by atoms with Gasteiger partial charge in [-0.1, -0.05) is 0 Å². The molecule has 2 N–H and O–H groups in total. The van der Waals surface area contributed by atoms with E-state index in [4.69, 9.17) is 5.11 Å². The van der Waals surface area contributed by atoms with Gasteiger partial charge in [0.2, 0.25) is 0 Å². The topological polar surface area (TPSA) is 83.5 Å². The van der Waals surface area contributed by atoms with E-state index >= 15 is 0 Å². The van der Waals surface area contributed by atoms with Gasteiger partial charge in [-0.15, -0.1) is 0 Å². The molecular weight excluding hydrogens is 206 g/mol. The number of carboxylic acids is 1. The number of hydrogen-bond donors (Lipinski definition) is 2. The standard InChI is InChI=1S/C8H15NO4S/c10-8(11)6-14(12,13)5-7-2-1-3-9-4-7/h7,9H,1-6H2,(H,10,11). The molecule has 0 saturated carbocycles. The molecule has 1 aliphatic heterocycles. The Labute approximate surface area is 83.4 Å². The Balaban J connectivity index is 2.45. The summed E-state index contributed by atoms with van der Waals surface area (Å²) in [5.74, 6) is -1.95. The molecule has 0 spiro atoms. The molecule has 0 aromatic heterocycles. The molecule has 0 bridgehead atoms. The number of piperidine rings is 1. The zero-order valence-corrected chi connectivity index (χ0v) is 8.72. The Morgan fingerprint density at radius 2 is 2.21 bits per heavy atom. The van der Waals surface area contributed by atoms with Crippen LogP contribution in [0.4, 0.5) is 0 Å². The van der Waals surface area contributed by atoms with Crippen molar-refractivity contribution in [2.45, 2.75) is 12.8 Å². The fourth-order valence-corrected chi connectivity index (χ4v) is 3.17. The maximum Gasteiger partial charge on any atom is 0.318 e. The van der Waals surface area contributed by atoms with Gasteiger partial charge < -0.3 is 10.4 Å². The van der Waals surface area contributed by atoms with Crippen molar-refractivity contribution in [2.75, 3.05) is 24.6 Å². The van der Waals surface area contributed by atoms with Gasteiger partial charge in [0, 0.05) is 0 Å². The van der Waals surface area contributed by atoms with Crippen molar-refractivity contribution in [1.29, 1.82) is 0 Å². The van der Waals surface area contributed by atoms with Crippen LogP contribution in [0.2, 0.25) is 0 Å². The number of carboxylic acid groups (broad SMARTS) is 1. The number of sulfone groups is 1. The van der Waals surface area contributed by atoms with Crippen molar-refractivity contribution in [3.63, 3.8) is 0 Å². The van der Waals surface area contributed by atoms with Crippen molar-refractivity contribution in [1.82, 2.24) is 5.32 Å². The minimum absolute atomic E-state index is 0.00764. The summed E-state index contributed by atoms with van der Waals surface area (Å²) in [7, 11) is -3.42. The van der Waals surface area contributed by atoms with Gasteiger partial charge in [-0.05, 0) is 31.8 Å². The second-order valence-electron chi connectivity index (χ2n) is 3.66. The van der Waals surface area contributed by atoms with E-state index in [1.165, 1.54) is 0 Å². The molecular formula is C8H15NO4S. The molecule has 5 nitrogen and oxygen atoms in total. The first-order chi connectivity index (χ1) is 6.49. The highest BCUT2D eigenvalue weighted by atomic mass is 32.2. The van der Waals surface area contributed by atoms with Crippen molar-refractivity contribution in [3.8, 4) is 0 Å². The highest BCUT2D eigenvalue weighted by molar-refractivity contribution is 7.92. The molecule has 82 valence electrons. The summed E-state index contributed by atoms with van der Waals surface area (Å²) in [4.78, 5) is 10.3. The first-order valence-electron chi connectivity index (χ1n) is 4.62. The van der Waals surface area contributed by atoms with Gasteiger partial charge in [-0.2, -0.15) is 0 Å². The lowest BCUT2D eigenvalue weighted by Crippen LogP contribution is -2.35. The average Bonchev–Trinajstić information content (AvgIpc) is 2.02. The van der Waals surface area contributed by atoms with E-state index in [1.807, 2.05) is 0 Å². The van der Waals surface area contributed by atoms with E-state index in [0.29, 0.717) is 6.54 Å². The van der Waals surface area contributed by atoms with E-state index in [0.717, 1.165) is 19.4 Å². The zero-order chi connectivity index (χ0) is 10.6. The van der Waals surface area contributed by atoms with E-state index in [2.05, 4.69) is 5.32 Å². The van der Waals surface area contributed by atoms with Crippen molar-refractivity contribution < 1.29 is 18.3 Å². The molecule has 1 rings (SSSR count). The summed E-state index contributed by atoms with van der Waals surface area (Å²) in [5.41, 5.74) is 0. The van der Waals surface area contributed by atoms with Crippen LogP contribution >= 0.6 is 0 Å². The molecule has 0 amide bonds. The lowest BCUT2D eigenvalue weighted by atomic mass is 10.0. The van der Waals surface area contributed by atoms with Crippen LogP contribution in [0.15, 0.2) is 0 Å². The van der Waals surface area contributed by atoms with E-state index < -0.39 is 21.6 Å². The predicted octanol–water partition coefficient (Wildman–Crippen LogP) is -0.515. The third-order valence-corrected chi connectivity index (χ3v) is 3.90. The third kappa shape index (κ3) is 4.06. The molecule has 1 heterocycles. The molecule has 0 aromatic rings. The minimum Gasteiger partial charge on any atom is -0.480 e. The fraction of sp³-hybridized carbons (Fsp3) is 0.875. The van der Waals surface area contributed by atoms with Crippen LogP contribution < -0.4 is 5.32 Å². The molecule has 0 aliphatic carbocycles. The monoisotopic (exact) mass is 221 g/mol. The Bertz CT molecular complexity index is 292. The van der Waals surface area contributed by atoms with Crippen LogP contribution in [-0.2, 0) is 14.6 Å². The minimum atomic E-state index is -3.42. The van der Waals surface area contributed by atoms with Crippen LogP contribution in [0.5, 0.6) is 0 Å². The molecule has 1 fully saturated rings. The van der Waals surface area contributed by atoms with Crippen molar-refractivity contribution >= 4 is 15.8 Å². The molecule has 14 heavy (non-hydrogen) atoms. The molecule has 1 aliphatic rings. The van der Waals surface area contributed by atoms with Gasteiger partial charge in [-0.3, -0.25) is 4.79 Å². The van der Waals surface area contributed by atoms with Gasteiger partial charge in [0.25, 0.3) is 0 Å². The summed E-state index contributed by atoms with van der Waals surface area (Å²) in [6.45, 7) is 1.61. The van der Waals surface area contributed by atoms with E-state index in [-0.39, 0.29) is 11.7 Å². The van der Waals surface area contributed by atoms with Crippen LogP contribution in [-0.4, -0.2) is 44.1 Å². The van der Waals surface area contributed by atoms with Crippen molar-refractivity contribution in [2.24, 2.45) is 5.92 Å². The zero-order valence-electron chi connectivity index (χ0n) is 7.90. The lowest BCUT2D eigenvalue weighted by Gasteiger charge is -2.21. The molecule has 1 saturated heterocycles. The molecule has 6 heteroatoms. The normalized spacial score (nSPS) is 23.3. The SMILES string of the molecule is O=C(O)CS(=O)(=O)CC1CCCNC1. The molecule has 1 atom stereocenters. The fourth-order valence-electron chi connectivity index (χ4n) is 1.67. The number of hydrogen-bond acceptors (Lipinski definition) is 4. The summed E-state index contributed by atoms with van der Waals surface area (Å²) in [6, 6.07) is 0.